The maximum atomic E-state index is 0. The normalized spacial score (nSPS) is 0. The first-order chi connectivity index (χ1) is 0. The van der Waals surface area contributed by atoms with Gasteiger partial charge in [0.2, 0.25) is 0 Å². The molecule has 0 aliphatic rings. The molecule has 0 rings (SSSR count). The fourth-order valence-electron chi connectivity index (χ4n) is 0. The molecule has 4 heteroatoms. The predicted molar refractivity (Wildman–Crippen MR) is 10.8 cm³/mol. The molecule has 0 bridgehead atoms. The summed E-state index contributed by atoms with van der Waals surface area (Å²) in [4.78, 5) is 0. The maximum Gasteiger partial charge on any atom is 0 e. The van der Waals surface area contributed by atoms with Gasteiger partial charge in [-0.2, -0.15) is 0 Å². The molecule has 0 saturated carbocycles. The van der Waals surface area contributed by atoms with Crippen LogP contribution < -0.4 is 0 Å². The van der Waals surface area contributed by atoms with Crippen LogP contribution in [0.25, 0.3) is 0 Å². The molecule has 0 aliphatic heterocycles. The van der Waals surface area contributed by atoms with Gasteiger partial charge in [-0.1, -0.05) is 0 Å². The molecule has 0 unspecified atom stereocenters. The van der Waals surface area contributed by atoms with Crippen molar-refractivity contribution in [2.24, 2.45) is 0 Å². The van der Waals surface area contributed by atoms with Crippen LogP contribution in [-0.2, 0) is 0 Å². The quantitative estimate of drug-likeness (QED) is 0.440. The van der Waals surface area contributed by atoms with E-state index in [4.69, 9.17) is 0 Å². The molecular weight excluding hydrogens is 223 g/mol. The summed E-state index contributed by atoms with van der Waals surface area (Å²) in [7, 11) is 0. The fourth-order valence-corrected chi connectivity index (χ4v) is 0. The summed E-state index contributed by atoms with van der Waals surface area (Å²) in [6.45, 7) is 0. The summed E-state index contributed by atoms with van der Waals surface area (Å²) in [5.74, 6) is 0. The van der Waals surface area contributed by atoms with Crippen LogP contribution in [0.15, 0.2) is 0 Å². The Morgan fingerprint density at radius 1 is 0.500 bits per heavy atom. The van der Waals surface area contributed by atoms with Gasteiger partial charge in [-0.05, 0) is 0 Å². The first-order valence-corrected chi connectivity index (χ1v) is 0. The van der Waals surface area contributed by atoms with Gasteiger partial charge in [-0.25, -0.2) is 0 Å². The molecule has 4 heavy (non-hydrogen) atoms. The van der Waals surface area contributed by atoms with E-state index in [0.717, 1.165) is 0 Å². The van der Waals surface area contributed by atoms with Crippen LogP contribution in [0.4, 0.5) is 0 Å². The van der Waals surface area contributed by atoms with Crippen molar-refractivity contribution in [1.29, 1.82) is 0 Å². The van der Waals surface area contributed by atoms with E-state index < -0.39 is 0 Å². The number of hydrogen-bond acceptors (Lipinski definition) is 0. The van der Waals surface area contributed by atoms with Crippen molar-refractivity contribution in [3.8, 4) is 0 Å². The second-order valence-electron chi connectivity index (χ2n) is 0. The third kappa shape index (κ3) is 11.2. The summed E-state index contributed by atoms with van der Waals surface area (Å²) in [6, 6.07) is 0. The van der Waals surface area contributed by atoms with Gasteiger partial charge >= 0.3 is 0 Å². The van der Waals surface area contributed by atoms with Crippen LogP contribution in [0.3, 0.4) is 0 Å². The third-order valence-corrected chi connectivity index (χ3v) is 0. The van der Waals surface area contributed by atoms with Gasteiger partial charge in [0.1, 0.15) is 0 Å². The Labute approximate surface area is 53.1 Å². The standard InChI is InChI=1S/Lu.3H2O/h;3*1H2. The van der Waals surface area contributed by atoms with E-state index in [1.165, 1.54) is 0 Å². The molecule has 0 aromatic rings. The average molecular weight is 229 g/mol. The van der Waals surface area contributed by atoms with Gasteiger partial charge in [0.15, 0.2) is 0 Å². The van der Waals surface area contributed by atoms with Crippen LogP contribution >= 0.6 is 0 Å². The van der Waals surface area contributed by atoms with E-state index in [1.807, 2.05) is 0 Å². The minimum absolute atomic E-state index is 0. The van der Waals surface area contributed by atoms with E-state index in [0.29, 0.717) is 0 Å². The maximum absolute atomic E-state index is 0. The van der Waals surface area contributed by atoms with Gasteiger partial charge < -0.3 is 16.4 Å². The Morgan fingerprint density at radius 2 is 0.500 bits per heavy atom. The summed E-state index contributed by atoms with van der Waals surface area (Å²) < 4.78 is 0. The van der Waals surface area contributed by atoms with Crippen molar-refractivity contribution in [1.82, 2.24) is 0 Å². The first kappa shape index (κ1) is 69.8. The molecule has 0 saturated heterocycles. The van der Waals surface area contributed by atoms with Crippen molar-refractivity contribution in [2.45, 2.75) is 0 Å². The number of hydrogen-bond donors (Lipinski definition) is 0. The van der Waals surface area contributed by atoms with Crippen LogP contribution in [0, 0.1) is 36.9 Å². The minimum atomic E-state index is 0. The molecule has 0 aromatic carbocycles. The van der Waals surface area contributed by atoms with E-state index >= 15 is 0 Å². The molecule has 6 N–H and O–H groups in total. The zero-order valence-electron chi connectivity index (χ0n) is 1.76. The molecule has 0 amide bonds. The number of rotatable bonds is 0. The van der Waals surface area contributed by atoms with Gasteiger partial charge in [-0.15, -0.1) is 0 Å². The van der Waals surface area contributed by atoms with Crippen molar-refractivity contribution in [3.05, 3.63) is 0 Å². The molecule has 0 heterocycles. The minimum Gasteiger partial charge on any atom is -0.412 e. The fraction of sp³-hybridized carbons (Fsp3) is 0. The van der Waals surface area contributed by atoms with Gasteiger partial charge in [-0.3, -0.25) is 0 Å². The molecule has 0 aliphatic carbocycles. The predicted octanol–water partition coefficient (Wildman–Crippen LogP) is -2.47. The van der Waals surface area contributed by atoms with E-state index in [2.05, 4.69) is 0 Å². The second kappa shape index (κ2) is 32.2. The topological polar surface area (TPSA) is 94.5 Å². The van der Waals surface area contributed by atoms with Crippen LogP contribution in [0.1, 0.15) is 0 Å². The SMILES string of the molecule is O.O.O.[Lu]. The molecule has 0 atom stereocenters. The van der Waals surface area contributed by atoms with Crippen LogP contribution in [0.2, 0.25) is 0 Å². The summed E-state index contributed by atoms with van der Waals surface area (Å²) >= 11 is 0. The Kier molecular flexibility index (Phi) is 561. The van der Waals surface area contributed by atoms with E-state index in [-0.39, 0.29) is 53.3 Å². The summed E-state index contributed by atoms with van der Waals surface area (Å²) in [5.41, 5.74) is 0. The molecular formula is H6LuO3. The first-order valence-electron chi connectivity index (χ1n) is 0. The van der Waals surface area contributed by atoms with Gasteiger partial charge in [0.25, 0.3) is 0 Å². The molecule has 39 valence electrons. The van der Waals surface area contributed by atoms with E-state index in [9.17, 15) is 0 Å². The Hall–Kier alpha value is 1.11. The molecule has 0 spiro atoms. The Bertz CT molecular complexity index is 3.25. The monoisotopic (exact) mass is 229 g/mol. The van der Waals surface area contributed by atoms with Crippen molar-refractivity contribution in [3.63, 3.8) is 0 Å². The van der Waals surface area contributed by atoms with Gasteiger partial charge in [0.05, 0.1) is 0 Å². The summed E-state index contributed by atoms with van der Waals surface area (Å²) in [6.07, 6.45) is 0. The van der Waals surface area contributed by atoms with E-state index in [1.54, 1.807) is 0 Å². The zero-order chi connectivity index (χ0) is 0. The van der Waals surface area contributed by atoms with Crippen LogP contribution in [0.5, 0.6) is 0 Å². The zero-order valence-corrected chi connectivity index (χ0v) is 3.41. The van der Waals surface area contributed by atoms with Crippen molar-refractivity contribution in [2.75, 3.05) is 0 Å². The average Bonchev–Trinajstić information content (AvgIpc) is 0. The smallest absolute Gasteiger partial charge is 0 e. The van der Waals surface area contributed by atoms with Crippen molar-refractivity contribution >= 4 is 0 Å². The van der Waals surface area contributed by atoms with Gasteiger partial charge in [0, 0.05) is 36.9 Å². The molecule has 0 aromatic heterocycles. The van der Waals surface area contributed by atoms with Crippen molar-refractivity contribution < 1.29 is 53.3 Å². The summed E-state index contributed by atoms with van der Waals surface area (Å²) in [5, 5.41) is 0. The Balaban J connectivity index is 0. The molecule has 0 fully saturated rings. The second-order valence-corrected chi connectivity index (χ2v) is 0. The third-order valence-electron chi connectivity index (χ3n) is 0. The Morgan fingerprint density at radius 3 is 0.500 bits per heavy atom. The molecule has 3 nitrogen and oxygen atoms in total. The molecule has 1 radical (unpaired) electrons. The largest absolute Gasteiger partial charge is 0.412 e. The van der Waals surface area contributed by atoms with Crippen LogP contribution in [-0.4, -0.2) is 16.4 Å².